The predicted octanol–water partition coefficient (Wildman–Crippen LogP) is 4.38. The van der Waals surface area contributed by atoms with Gasteiger partial charge in [0, 0.05) is 25.0 Å². The summed E-state index contributed by atoms with van der Waals surface area (Å²) in [4.78, 5) is 24.4. The Balaban J connectivity index is 1.43. The summed E-state index contributed by atoms with van der Waals surface area (Å²) in [5, 5.41) is 12.2. The number of benzene rings is 3. The molecule has 0 heterocycles. The highest BCUT2D eigenvalue weighted by Gasteiger charge is 2.29. The van der Waals surface area contributed by atoms with Crippen LogP contribution >= 0.6 is 0 Å². The molecule has 0 saturated heterocycles. The number of alkyl carbamates (subject to hydrolysis) is 1. The first kappa shape index (κ1) is 23.3. The number of aliphatic carboxylic acids is 1. The fourth-order valence-electron chi connectivity index (χ4n) is 4.45. The summed E-state index contributed by atoms with van der Waals surface area (Å²) in [5.74, 6) is -0.584. The minimum Gasteiger partial charge on any atom is -0.496 e. The number of carboxylic acids is 1. The molecule has 1 aliphatic rings. The van der Waals surface area contributed by atoms with E-state index in [-0.39, 0.29) is 18.9 Å². The maximum Gasteiger partial charge on any atom is 0.407 e. The SMILES string of the molecule is COCc1cc(CC(NC(=O)OCC2c3ccccc3-c3ccccc32)C(=O)O)ccc1OC. The van der Waals surface area contributed by atoms with Crippen LogP contribution in [0.5, 0.6) is 5.75 Å². The second-order valence-corrected chi connectivity index (χ2v) is 8.14. The van der Waals surface area contributed by atoms with E-state index in [9.17, 15) is 14.7 Å². The summed E-state index contributed by atoms with van der Waals surface area (Å²) in [5.41, 5.74) is 5.97. The second-order valence-electron chi connectivity index (χ2n) is 8.14. The molecule has 0 fully saturated rings. The van der Waals surface area contributed by atoms with Gasteiger partial charge in [0.05, 0.1) is 13.7 Å². The van der Waals surface area contributed by atoms with Gasteiger partial charge >= 0.3 is 12.1 Å². The molecule has 0 aliphatic heterocycles. The van der Waals surface area contributed by atoms with E-state index in [1.54, 1.807) is 26.4 Å². The first-order chi connectivity index (χ1) is 16.5. The van der Waals surface area contributed by atoms with Gasteiger partial charge in [-0.1, -0.05) is 54.6 Å². The number of hydrogen-bond acceptors (Lipinski definition) is 5. The van der Waals surface area contributed by atoms with Crippen LogP contribution in [0, 0.1) is 0 Å². The maximum absolute atomic E-state index is 12.6. The topological polar surface area (TPSA) is 94.1 Å². The number of carbonyl (C=O) groups excluding carboxylic acids is 1. The number of nitrogens with one attached hydrogen (secondary N) is 1. The standard InChI is InChI=1S/C27H27NO6/c1-32-15-18-13-17(11-12-25(18)33-2)14-24(26(29)30)28-27(31)34-16-23-21-9-5-3-7-19(21)20-8-4-6-10-22(20)23/h3-13,23-24H,14-16H2,1-2H3,(H,28,31)(H,29,30). The van der Waals surface area contributed by atoms with Gasteiger partial charge in [0.25, 0.3) is 0 Å². The summed E-state index contributed by atoms with van der Waals surface area (Å²) in [6.07, 6.45) is -0.667. The van der Waals surface area contributed by atoms with Gasteiger partial charge in [0.15, 0.2) is 0 Å². The summed E-state index contributed by atoms with van der Waals surface area (Å²) in [7, 11) is 3.14. The normalized spacial score (nSPS) is 13.0. The van der Waals surface area contributed by atoms with Crippen molar-refractivity contribution in [2.24, 2.45) is 0 Å². The Kier molecular flexibility index (Phi) is 7.13. The van der Waals surface area contributed by atoms with Crippen molar-refractivity contribution in [1.29, 1.82) is 0 Å². The smallest absolute Gasteiger partial charge is 0.407 e. The minimum atomic E-state index is -1.14. The molecular weight excluding hydrogens is 434 g/mol. The van der Waals surface area contributed by atoms with Crippen LogP contribution in [0.4, 0.5) is 4.79 Å². The number of carboxylic acid groups (broad SMARTS) is 1. The van der Waals surface area contributed by atoms with E-state index < -0.39 is 18.1 Å². The van der Waals surface area contributed by atoms with E-state index in [0.29, 0.717) is 12.4 Å². The van der Waals surface area contributed by atoms with Crippen molar-refractivity contribution < 1.29 is 28.9 Å². The van der Waals surface area contributed by atoms with Crippen LogP contribution in [0.25, 0.3) is 11.1 Å². The van der Waals surface area contributed by atoms with Gasteiger partial charge in [-0.2, -0.15) is 0 Å². The van der Waals surface area contributed by atoms with Crippen molar-refractivity contribution in [3.63, 3.8) is 0 Å². The quantitative estimate of drug-likeness (QED) is 0.491. The van der Waals surface area contributed by atoms with E-state index >= 15 is 0 Å². The molecule has 4 rings (SSSR count). The molecule has 1 amide bonds. The van der Waals surface area contributed by atoms with Crippen LogP contribution in [0.3, 0.4) is 0 Å². The van der Waals surface area contributed by atoms with Crippen LogP contribution in [0.15, 0.2) is 66.7 Å². The molecule has 0 spiro atoms. The van der Waals surface area contributed by atoms with Gasteiger partial charge in [-0.15, -0.1) is 0 Å². The number of carbonyl (C=O) groups is 2. The monoisotopic (exact) mass is 461 g/mol. The molecule has 3 aromatic carbocycles. The average molecular weight is 462 g/mol. The predicted molar refractivity (Wildman–Crippen MR) is 127 cm³/mol. The third kappa shape index (κ3) is 4.89. The van der Waals surface area contributed by atoms with E-state index in [1.807, 2.05) is 42.5 Å². The van der Waals surface area contributed by atoms with Crippen LogP contribution in [-0.4, -0.2) is 44.0 Å². The summed E-state index contributed by atoms with van der Waals surface area (Å²) in [6, 6.07) is 20.3. The van der Waals surface area contributed by atoms with E-state index in [0.717, 1.165) is 33.4 Å². The van der Waals surface area contributed by atoms with Crippen LogP contribution in [0.1, 0.15) is 28.2 Å². The average Bonchev–Trinajstić information content (AvgIpc) is 3.16. The Morgan fingerprint density at radius 3 is 2.21 bits per heavy atom. The number of fused-ring (bicyclic) bond motifs is 3. The van der Waals surface area contributed by atoms with E-state index in [2.05, 4.69) is 17.4 Å². The van der Waals surface area contributed by atoms with Crippen molar-refractivity contribution in [2.75, 3.05) is 20.8 Å². The zero-order valence-corrected chi connectivity index (χ0v) is 19.1. The molecular formula is C27H27NO6. The molecule has 0 radical (unpaired) electrons. The fraction of sp³-hybridized carbons (Fsp3) is 0.259. The third-order valence-electron chi connectivity index (χ3n) is 6.02. The number of rotatable bonds is 9. The van der Waals surface area contributed by atoms with Crippen molar-refractivity contribution >= 4 is 12.1 Å². The van der Waals surface area contributed by atoms with Gasteiger partial charge in [0.1, 0.15) is 18.4 Å². The lowest BCUT2D eigenvalue weighted by Gasteiger charge is -2.18. The highest BCUT2D eigenvalue weighted by molar-refractivity contribution is 5.81. The highest BCUT2D eigenvalue weighted by atomic mass is 16.5. The Morgan fingerprint density at radius 1 is 0.971 bits per heavy atom. The lowest BCUT2D eigenvalue weighted by molar-refractivity contribution is -0.139. The molecule has 1 atom stereocenters. The molecule has 2 N–H and O–H groups in total. The third-order valence-corrected chi connectivity index (χ3v) is 6.02. The number of amides is 1. The maximum atomic E-state index is 12.6. The minimum absolute atomic E-state index is 0.0975. The van der Waals surface area contributed by atoms with Gasteiger partial charge < -0.3 is 24.6 Å². The first-order valence-electron chi connectivity index (χ1n) is 11.0. The number of ether oxygens (including phenoxy) is 3. The van der Waals surface area contributed by atoms with E-state index in [4.69, 9.17) is 14.2 Å². The Bertz CT molecular complexity index is 1150. The van der Waals surface area contributed by atoms with Crippen molar-refractivity contribution in [2.45, 2.75) is 25.0 Å². The van der Waals surface area contributed by atoms with E-state index in [1.165, 1.54) is 0 Å². The molecule has 1 aliphatic carbocycles. The van der Waals surface area contributed by atoms with Gasteiger partial charge in [0.2, 0.25) is 0 Å². The number of methoxy groups -OCH3 is 2. The fourth-order valence-corrected chi connectivity index (χ4v) is 4.45. The zero-order valence-electron chi connectivity index (χ0n) is 19.1. The zero-order chi connectivity index (χ0) is 24.1. The van der Waals surface area contributed by atoms with Crippen molar-refractivity contribution in [1.82, 2.24) is 5.32 Å². The Morgan fingerprint density at radius 2 is 1.62 bits per heavy atom. The molecule has 176 valence electrons. The molecule has 7 nitrogen and oxygen atoms in total. The van der Waals surface area contributed by atoms with Crippen molar-refractivity contribution in [3.05, 3.63) is 89.0 Å². The molecule has 1 unspecified atom stereocenters. The van der Waals surface area contributed by atoms with Gasteiger partial charge in [-0.05, 0) is 39.9 Å². The molecule has 34 heavy (non-hydrogen) atoms. The summed E-state index contributed by atoms with van der Waals surface area (Å²) in [6.45, 7) is 0.446. The lowest BCUT2D eigenvalue weighted by Crippen LogP contribution is -2.42. The lowest BCUT2D eigenvalue weighted by atomic mass is 9.98. The molecule has 7 heteroatoms. The van der Waals surface area contributed by atoms with Crippen LogP contribution in [0.2, 0.25) is 0 Å². The molecule has 0 saturated carbocycles. The number of hydrogen-bond donors (Lipinski definition) is 2. The highest BCUT2D eigenvalue weighted by Crippen LogP contribution is 2.44. The molecule has 0 aromatic heterocycles. The van der Waals surface area contributed by atoms with Gasteiger partial charge in [-0.25, -0.2) is 9.59 Å². The summed E-state index contributed by atoms with van der Waals surface area (Å²) >= 11 is 0. The second kappa shape index (κ2) is 10.4. The first-order valence-corrected chi connectivity index (χ1v) is 11.0. The largest absolute Gasteiger partial charge is 0.496 e. The Labute approximate surface area is 198 Å². The molecule has 0 bridgehead atoms. The van der Waals surface area contributed by atoms with Crippen LogP contribution < -0.4 is 10.1 Å². The van der Waals surface area contributed by atoms with Crippen molar-refractivity contribution in [3.8, 4) is 16.9 Å². The molecule has 3 aromatic rings. The van der Waals surface area contributed by atoms with Crippen LogP contribution in [-0.2, 0) is 27.3 Å². The van der Waals surface area contributed by atoms with Gasteiger partial charge in [-0.3, -0.25) is 0 Å². The Hall–Kier alpha value is -3.84. The summed E-state index contributed by atoms with van der Waals surface area (Å²) < 4.78 is 16.0.